The number of halogens is 1. The van der Waals surface area contributed by atoms with Gasteiger partial charge in [0.1, 0.15) is 15.6 Å². The van der Waals surface area contributed by atoms with Crippen LogP contribution in [0.1, 0.15) is 19.3 Å². The van der Waals surface area contributed by atoms with Crippen LogP contribution in [0.25, 0.3) is 0 Å². The summed E-state index contributed by atoms with van der Waals surface area (Å²) >= 11 is 5.84. The second-order valence-electron chi connectivity index (χ2n) is 5.92. The first-order valence-electron chi connectivity index (χ1n) is 6.81. The number of hydrogen-bond donors (Lipinski definition) is 2. The molecular formula is C14H16ClNO4S. The van der Waals surface area contributed by atoms with Crippen LogP contribution in [0.15, 0.2) is 18.2 Å². The van der Waals surface area contributed by atoms with Crippen LogP contribution in [0.3, 0.4) is 0 Å². The normalized spacial score (nSPS) is 25.5. The van der Waals surface area contributed by atoms with Crippen molar-refractivity contribution in [2.75, 3.05) is 16.8 Å². The molecule has 2 aliphatic rings. The fourth-order valence-corrected chi connectivity index (χ4v) is 4.86. The highest BCUT2D eigenvalue weighted by Crippen LogP contribution is 2.60. The molecule has 1 aliphatic heterocycles. The molecule has 0 aromatic heterocycles. The highest BCUT2D eigenvalue weighted by atomic mass is 35.5. The second-order valence-corrected chi connectivity index (χ2v) is 8.66. The molecule has 5 nitrogen and oxygen atoms in total. The molecule has 114 valence electrons. The molecule has 2 fully saturated rings. The summed E-state index contributed by atoms with van der Waals surface area (Å²) in [7, 11) is -2.92. The van der Waals surface area contributed by atoms with Crippen molar-refractivity contribution in [1.82, 2.24) is 0 Å². The lowest BCUT2D eigenvalue weighted by Crippen LogP contribution is -2.28. The lowest BCUT2D eigenvalue weighted by molar-refractivity contribution is -0.118. The molecule has 1 heterocycles. The van der Waals surface area contributed by atoms with Gasteiger partial charge in [-0.3, -0.25) is 4.79 Å². The van der Waals surface area contributed by atoms with E-state index in [4.69, 9.17) is 11.6 Å². The number of benzene rings is 1. The number of phenols is 1. The van der Waals surface area contributed by atoms with Crippen LogP contribution in [0.4, 0.5) is 5.69 Å². The Morgan fingerprint density at radius 1 is 1.33 bits per heavy atom. The van der Waals surface area contributed by atoms with Crippen molar-refractivity contribution in [2.24, 2.45) is 11.3 Å². The van der Waals surface area contributed by atoms with Crippen LogP contribution in [0.2, 0.25) is 5.02 Å². The zero-order valence-corrected chi connectivity index (χ0v) is 12.9. The molecule has 1 aromatic rings. The van der Waals surface area contributed by atoms with Crippen LogP contribution in [0.5, 0.6) is 5.75 Å². The molecule has 2 N–H and O–H groups in total. The van der Waals surface area contributed by atoms with Crippen molar-refractivity contribution < 1.29 is 18.3 Å². The van der Waals surface area contributed by atoms with Gasteiger partial charge in [0, 0.05) is 10.9 Å². The Morgan fingerprint density at radius 2 is 2.00 bits per heavy atom. The van der Waals surface area contributed by atoms with Gasteiger partial charge in [0.25, 0.3) is 0 Å². The molecule has 1 atom stereocenters. The van der Waals surface area contributed by atoms with E-state index < -0.39 is 9.84 Å². The molecule has 1 aliphatic carbocycles. The van der Waals surface area contributed by atoms with E-state index in [0.29, 0.717) is 17.9 Å². The van der Waals surface area contributed by atoms with Crippen molar-refractivity contribution in [3.8, 4) is 5.75 Å². The maximum Gasteiger partial charge on any atom is 0.228 e. The van der Waals surface area contributed by atoms with E-state index >= 15 is 0 Å². The fraction of sp³-hybridized carbons (Fsp3) is 0.500. The van der Waals surface area contributed by atoms with E-state index in [1.165, 1.54) is 18.2 Å². The fourth-order valence-electron chi connectivity index (χ4n) is 3.04. The number of aromatic hydroxyl groups is 1. The molecule has 1 saturated heterocycles. The topological polar surface area (TPSA) is 83.5 Å². The minimum Gasteiger partial charge on any atom is -0.506 e. The number of carbonyl (C=O) groups excluding carboxylic acids is 1. The quantitative estimate of drug-likeness (QED) is 0.815. The Labute approximate surface area is 128 Å². The lowest BCUT2D eigenvalue weighted by atomic mass is 9.96. The van der Waals surface area contributed by atoms with Crippen LogP contribution in [0, 0.1) is 11.3 Å². The van der Waals surface area contributed by atoms with E-state index in [0.717, 1.165) is 6.42 Å². The van der Waals surface area contributed by atoms with Crippen LogP contribution < -0.4 is 5.32 Å². The molecular weight excluding hydrogens is 314 g/mol. The van der Waals surface area contributed by atoms with E-state index in [2.05, 4.69) is 5.32 Å². The number of amides is 1. The average Bonchev–Trinajstić information content (AvgIpc) is 3.13. The molecule has 1 saturated carbocycles. The van der Waals surface area contributed by atoms with Crippen LogP contribution >= 0.6 is 11.6 Å². The summed E-state index contributed by atoms with van der Waals surface area (Å²) in [5.41, 5.74) is 0.127. The summed E-state index contributed by atoms with van der Waals surface area (Å²) in [6.45, 7) is 0. The summed E-state index contributed by atoms with van der Waals surface area (Å²) < 4.78 is 22.9. The van der Waals surface area contributed by atoms with Gasteiger partial charge >= 0.3 is 0 Å². The Hall–Kier alpha value is -1.27. The molecule has 1 aromatic carbocycles. The Kier molecular flexibility index (Phi) is 3.41. The minimum atomic E-state index is -2.92. The lowest BCUT2D eigenvalue weighted by Gasteiger charge is -2.22. The number of rotatable bonds is 2. The van der Waals surface area contributed by atoms with Gasteiger partial charge < -0.3 is 10.4 Å². The van der Waals surface area contributed by atoms with Gasteiger partial charge in [0.05, 0.1) is 17.2 Å². The highest BCUT2D eigenvalue weighted by molar-refractivity contribution is 7.91. The molecule has 0 bridgehead atoms. The Morgan fingerprint density at radius 3 is 2.67 bits per heavy atom. The first-order valence-corrected chi connectivity index (χ1v) is 9.01. The Bertz CT molecular complexity index is 687. The van der Waals surface area contributed by atoms with Crippen molar-refractivity contribution in [1.29, 1.82) is 0 Å². The van der Waals surface area contributed by atoms with Crippen molar-refractivity contribution in [3.63, 3.8) is 0 Å². The number of sulfone groups is 1. The van der Waals surface area contributed by atoms with E-state index in [-0.39, 0.29) is 40.2 Å². The third-order valence-corrected chi connectivity index (χ3v) is 6.43. The summed E-state index contributed by atoms with van der Waals surface area (Å²) in [6, 6.07) is 4.46. The summed E-state index contributed by atoms with van der Waals surface area (Å²) in [5, 5.41) is 12.8. The molecule has 1 spiro atoms. The van der Waals surface area contributed by atoms with Gasteiger partial charge in [-0.25, -0.2) is 8.42 Å². The standard InChI is InChI=1S/C14H16ClNO4S/c15-9-1-2-12(17)11(7-9)16-13(18)10-8-14(10)3-5-21(19,20)6-4-14/h1-2,7,10,17H,3-6,8H2,(H,16,18)/t10-/m0/s1. The molecule has 0 radical (unpaired) electrons. The van der Waals surface area contributed by atoms with E-state index in [9.17, 15) is 18.3 Å². The van der Waals surface area contributed by atoms with Crippen molar-refractivity contribution in [3.05, 3.63) is 23.2 Å². The molecule has 1 amide bonds. The van der Waals surface area contributed by atoms with Crippen LogP contribution in [-0.4, -0.2) is 30.9 Å². The van der Waals surface area contributed by atoms with Gasteiger partial charge in [-0.05, 0) is 42.9 Å². The SMILES string of the molecule is O=C(Nc1cc(Cl)ccc1O)[C@@H]1CC12CCS(=O)(=O)CC2. The Balaban J connectivity index is 1.67. The van der Waals surface area contributed by atoms with Crippen molar-refractivity contribution >= 4 is 33.0 Å². The van der Waals surface area contributed by atoms with Gasteiger partial charge in [0.2, 0.25) is 5.91 Å². The maximum absolute atomic E-state index is 12.3. The summed E-state index contributed by atoms with van der Waals surface area (Å²) in [5.74, 6) is -0.0507. The zero-order chi connectivity index (χ0) is 15.3. The molecule has 3 rings (SSSR count). The van der Waals surface area contributed by atoms with Crippen molar-refractivity contribution in [2.45, 2.75) is 19.3 Å². The van der Waals surface area contributed by atoms with Crippen LogP contribution in [-0.2, 0) is 14.6 Å². The predicted octanol–water partition coefficient (Wildman–Crippen LogP) is 2.20. The summed E-state index contributed by atoms with van der Waals surface area (Å²) in [4.78, 5) is 12.3. The zero-order valence-electron chi connectivity index (χ0n) is 11.3. The number of hydrogen-bond acceptors (Lipinski definition) is 4. The molecule has 7 heteroatoms. The first-order chi connectivity index (χ1) is 9.81. The first kappa shape index (κ1) is 14.7. The largest absolute Gasteiger partial charge is 0.506 e. The van der Waals surface area contributed by atoms with Gasteiger partial charge in [0.15, 0.2) is 0 Å². The van der Waals surface area contributed by atoms with Gasteiger partial charge in [-0.2, -0.15) is 0 Å². The number of carbonyl (C=O) groups is 1. The van der Waals surface area contributed by atoms with E-state index in [1.807, 2.05) is 0 Å². The van der Waals surface area contributed by atoms with Gasteiger partial charge in [-0.1, -0.05) is 11.6 Å². The predicted molar refractivity (Wildman–Crippen MR) is 80.2 cm³/mol. The number of nitrogens with one attached hydrogen (secondary N) is 1. The smallest absolute Gasteiger partial charge is 0.228 e. The van der Waals surface area contributed by atoms with Gasteiger partial charge in [-0.15, -0.1) is 0 Å². The minimum absolute atomic E-state index is 0.0336. The average molecular weight is 330 g/mol. The third-order valence-electron chi connectivity index (χ3n) is 4.54. The number of anilines is 1. The molecule has 0 unspecified atom stereocenters. The maximum atomic E-state index is 12.3. The monoisotopic (exact) mass is 329 g/mol. The highest BCUT2D eigenvalue weighted by Gasteiger charge is 2.59. The third kappa shape index (κ3) is 2.87. The molecule has 21 heavy (non-hydrogen) atoms. The second kappa shape index (κ2) is 4.88. The number of phenolic OH excluding ortho intramolecular Hbond substituents is 1. The van der Waals surface area contributed by atoms with E-state index in [1.54, 1.807) is 0 Å². The summed E-state index contributed by atoms with van der Waals surface area (Å²) in [6.07, 6.45) is 1.82.